The molecule has 4 saturated carbocycles. The van der Waals surface area contributed by atoms with E-state index in [0.717, 1.165) is 29.9 Å². The average Bonchev–Trinajstić information content (AvgIpc) is 2.90. The van der Waals surface area contributed by atoms with Crippen LogP contribution in [0.15, 0.2) is 29.4 Å². The lowest BCUT2D eigenvalue weighted by molar-refractivity contribution is -0.180. The van der Waals surface area contributed by atoms with Gasteiger partial charge in [0.1, 0.15) is 10.7 Å². The minimum absolute atomic E-state index is 0.285. The van der Waals surface area contributed by atoms with Gasteiger partial charge in [0, 0.05) is 17.4 Å². The van der Waals surface area contributed by atoms with Gasteiger partial charge in [-0.25, -0.2) is 4.39 Å². The Morgan fingerprint density at radius 1 is 1.14 bits per heavy atom. The molecule has 0 saturated heterocycles. The minimum Gasteiger partial charge on any atom is -0.376 e. The molecule has 6 rings (SSSR count). The Labute approximate surface area is 134 Å². The summed E-state index contributed by atoms with van der Waals surface area (Å²) in [5, 5.41) is 5.39. The van der Waals surface area contributed by atoms with E-state index >= 15 is 0 Å². The van der Waals surface area contributed by atoms with Crippen LogP contribution in [0.5, 0.6) is 0 Å². The van der Waals surface area contributed by atoms with E-state index in [4.69, 9.17) is 4.84 Å². The van der Waals surface area contributed by atoms with Crippen molar-refractivity contribution in [2.24, 2.45) is 22.9 Å². The Kier molecular flexibility index (Phi) is 2.61. The summed E-state index contributed by atoms with van der Waals surface area (Å²) >= 11 is 1.77. The molecule has 2 nitrogen and oxygen atoms in total. The van der Waals surface area contributed by atoms with Crippen molar-refractivity contribution < 1.29 is 9.23 Å². The van der Waals surface area contributed by atoms with Crippen LogP contribution < -0.4 is 0 Å². The third-order valence-corrected chi connectivity index (χ3v) is 7.64. The monoisotopic (exact) mass is 317 g/mol. The summed E-state index contributed by atoms with van der Waals surface area (Å²) < 4.78 is 14.9. The molecular formula is C18H20FNOS. The van der Waals surface area contributed by atoms with Crippen LogP contribution in [-0.4, -0.2) is 15.6 Å². The number of thioether (sulfide) groups is 1. The van der Waals surface area contributed by atoms with Crippen LogP contribution in [0.2, 0.25) is 0 Å². The van der Waals surface area contributed by atoms with Crippen molar-refractivity contribution in [3.8, 4) is 0 Å². The highest BCUT2D eigenvalue weighted by Crippen LogP contribution is 2.67. The lowest BCUT2D eigenvalue weighted by Gasteiger charge is -2.59. The van der Waals surface area contributed by atoms with E-state index in [2.05, 4.69) is 36.3 Å². The van der Waals surface area contributed by atoms with E-state index < -0.39 is 5.67 Å². The van der Waals surface area contributed by atoms with Crippen molar-refractivity contribution in [3.63, 3.8) is 0 Å². The average molecular weight is 317 g/mol. The zero-order valence-corrected chi connectivity index (χ0v) is 13.5. The second-order valence-electron chi connectivity index (χ2n) is 7.67. The summed E-state index contributed by atoms with van der Waals surface area (Å²) in [7, 11) is 0. The number of halogens is 1. The molecule has 0 N–H and O–H groups in total. The van der Waals surface area contributed by atoms with Crippen molar-refractivity contribution >= 4 is 16.8 Å². The Hall–Kier alpha value is -1.03. The predicted octanol–water partition coefficient (Wildman–Crippen LogP) is 4.66. The van der Waals surface area contributed by atoms with Crippen LogP contribution in [0.1, 0.15) is 43.2 Å². The number of hydrogen-bond acceptors (Lipinski definition) is 3. The lowest BCUT2D eigenvalue weighted by atomic mass is 9.53. The molecule has 4 heteroatoms. The maximum atomic E-state index is 14.9. The Bertz CT molecular complexity index is 640. The van der Waals surface area contributed by atoms with E-state index in [1.165, 1.54) is 5.56 Å². The minimum atomic E-state index is -0.918. The number of aryl methyl sites for hydroxylation is 1. The highest BCUT2D eigenvalue weighted by Gasteiger charge is 2.66. The first-order chi connectivity index (χ1) is 10.6. The van der Waals surface area contributed by atoms with Crippen molar-refractivity contribution in [1.82, 2.24) is 0 Å². The normalized spacial score (nSPS) is 45.2. The molecule has 4 aliphatic carbocycles. The van der Waals surface area contributed by atoms with E-state index in [1.54, 1.807) is 11.8 Å². The van der Waals surface area contributed by atoms with Gasteiger partial charge < -0.3 is 4.84 Å². The van der Waals surface area contributed by atoms with Crippen molar-refractivity contribution in [1.29, 1.82) is 0 Å². The molecule has 116 valence electrons. The van der Waals surface area contributed by atoms with Gasteiger partial charge >= 0.3 is 0 Å². The number of benzene rings is 1. The van der Waals surface area contributed by atoms with Gasteiger partial charge in [0.2, 0.25) is 0 Å². The molecule has 0 amide bonds. The summed E-state index contributed by atoms with van der Waals surface area (Å²) in [6.07, 6.45) is 4.36. The van der Waals surface area contributed by atoms with Gasteiger partial charge in [0.25, 0.3) is 0 Å². The Morgan fingerprint density at radius 3 is 2.45 bits per heavy atom. The van der Waals surface area contributed by atoms with E-state index in [9.17, 15) is 4.39 Å². The summed E-state index contributed by atoms with van der Waals surface area (Å²) in [6.45, 7) is 2.09. The molecule has 4 bridgehead atoms. The summed E-state index contributed by atoms with van der Waals surface area (Å²) in [6, 6.07) is 8.43. The highest BCUT2D eigenvalue weighted by atomic mass is 32.2. The lowest BCUT2D eigenvalue weighted by Crippen LogP contribution is -2.60. The largest absolute Gasteiger partial charge is 0.376 e. The highest BCUT2D eigenvalue weighted by molar-refractivity contribution is 8.15. The summed E-state index contributed by atoms with van der Waals surface area (Å²) in [5.41, 5.74) is 1.45. The van der Waals surface area contributed by atoms with Crippen LogP contribution in [0.4, 0.5) is 4.39 Å². The standard InChI is InChI=1S/C18H20FNOS/c1-11-2-4-13(5-3-11)16-20-21-18(22-16)14-6-12-7-15(18)10-17(19,8-12)9-14/h2-5,12,14-15H,6-10H2,1H3/t12?,14-,15+,17?,18?. The zero-order chi connectivity index (χ0) is 14.9. The van der Waals surface area contributed by atoms with E-state index in [0.29, 0.717) is 30.6 Å². The Morgan fingerprint density at radius 2 is 1.82 bits per heavy atom. The molecule has 1 spiro atoms. The van der Waals surface area contributed by atoms with Gasteiger partial charge in [-0.1, -0.05) is 46.7 Å². The quantitative estimate of drug-likeness (QED) is 0.751. The number of hydrogen-bond donors (Lipinski definition) is 0. The molecule has 4 fully saturated rings. The topological polar surface area (TPSA) is 21.6 Å². The van der Waals surface area contributed by atoms with Gasteiger partial charge in [-0.2, -0.15) is 0 Å². The van der Waals surface area contributed by atoms with Gasteiger partial charge in [-0.15, -0.1) is 0 Å². The fourth-order valence-electron chi connectivity index (χ4n) is 5.26. The van der Waals surface area contributed by atoms with Crippen LogP contribution in [0.3, 0.4) is 0 Å². The van der Waals surface area contributed by atoms with Crippen molar-refractivity contribution in [2.45, 2.75) is 49.6 Å². The zero-order valence-electron chi connectivity index (χ0n) is 12.7. The van der Waals surface area contributed by atoms with Gasteiger partial charge in [-0.3, -0.25) is 0 Å². The number of alkyl halides is 1. The number of oxime groups is 1. The maximum absolute atomic E-state index is 14.9. The molecule has 1 aliphatic heterocycles. The molecule has 1 aromatic carbocycles. The molecule has 22 heavy (non-hydrogen) atoms. The third-order valence-electron chi connectivity index (χ3n) is 6.08. The van der Waals surface area contributed by atoms with Crippen LogP contribution >= 0.6 is 11.8 Å². The van der Waals surface area contributed by atoms with Crippen LogP contribution in [-0.2, 0) is 4.84 Å². The fourth-order valence-corrected chi connectivity index (χ4v) is 6.65. The molecule has 3 unspecified atom stereocenters. The fraction of sp³-hybridized carbons (Fsp3) is 0.611. The van der Waals surface area contributed by atoms with Gasteiger partial charge in [-0.05, 0) is 44.9 Å². The smallest absolute Gasteiger partial charge is 0.194 e. The predicted molar refractivity (Wildman–Crippen MR) is 86.5 cm³/mol. The molecule has 0 radical (unpaired) electrons. The van der Waals surface area contributed by atoms with Crippen LogP contribution in [0, 0.1) is 24.7 Å². The molecule has 1 heterocycles. The third kappa shape index (κ3) is 1.76. The first-order valence-corrected chi connectivity index (χ1v) is 9.09. The molecule has 5 aliphatic rings. The second-order valence-corrected chi connectivity index (χ2v) is 8.90. The maximum Gasteiger partial charge on any atom is 0.194 e. The summed E-state index contributed by atoms with van der Waals surface area (Å²) in [4.78, 5) is 5.76. The molecular weight excluding hydrogens is 297 g/mol. The van der Waals surface area contributed by atoms with Crippen LogP contribution in [0.25, 0.3) is 0 Å². The number of nitrogens with zero attached hydrogens (tertiary/aromatic N) is 1. The number of rotatable bonds is 1. The molecule has 1 aromatic rings. The first kappa shape index (κ1) is 13.4. The SMILES string of the molecule is Cc1ccc(C2=NOC3(S2)[C@@H]2CC4C[C@H]3CC(F)(C4)C2)cc1. The summed E-state index contributed by atoms with van der Waals surface area (Å²) in [5.74, 6) is 1.21. The van der Waals surface area contributed by atoms with E-state index in [1.807, 2.05) is 0 Å². The first-order valence-electron chi connectivity index (χ1n) is 8.27. The van der Waals surface area contributed by atoms with E-state index in [-0.39, 0.29) is 4.93 Å². The van der Waals surface area contributed by atoms with Crippen molar-refractivity contribution in [3.05, 3.63) is 35.4 Å². The Balaban J connectivity index is 1.45. The molecule has 0 aromatic heterocycles. The second kappa shape index (κ2) is 4.28. The van der Waals surface area contributed by atoms with Crippen molar-refractivity contribution in [2.75, 3.05) is 0 Å². The molecule has 5 atom stereocenters. The van der Waals surface area contributed by atoms with Gasteiger partial charge in [0.15, 0.2) is 4.93 Å². The van der Waals surface area contributed by atoms with Gasteiger partial charge in [0.05, 0.1) is 0 Å².